The molecule has 1 saturated heterocycles. The Hall–Kier alpha value is -2.41. The summed E-state index contributed by atoms with van der Waals surface area (Å²) in [6.45, 7) is 6.84. The van der Waals surface area contributed by atoms with Crippen LogP contribution < -0.4 is 11.1 Å². The van der Waals surface area contributed by atoms with Gasteiger partial charge in [0.1, 0.15) is 6.04 Å². The Kier molecular flexibility index (Phi) is 6.57. The van der Waals surface area contributed by atoms with Crippen LogP contribution in [0.5, 0.6) is 0 Å². The van der Waals surface area contributed by atoms with E-state index in [4.69, 9.17) is 5.73 Å². The van der Waals surface area contributed by atoms with Gasteiger partial charge in [-0.05, 0) is 38.3 Å². The molecule has 0 aromatic heterocycles. The van der Waals surface area contributed by atoms with Gasteiger partial charge in [-0.3, -0.25) is 14.4 Å². The van der Waals surface area contributed by atoms with Gasteiger partial charge in [0.25, 0.3) is 5.91 Å². The van der Waals surface area contributed by atoms with Gasteiger partial charge >= 0.3 is 0 Å². The van der Waals surface area contributed by atoms with Crippen LogP contribution in [0, 0.1) is 12.8 Å². The fraction of sp³-hybridized carbons (Fsp3) is 0.591. The first kappa shape index (κ1) is 21.3. The number of rotatable bonds is 7. The van der Waals surface area contributed by atoms with Gasteiger partial charge in [0, 0.05) is 37.2 Å². The maximum Gasteiger partial charge on any atom is 0.254 e. The molecule has 1 aromatic rings. The second kappa shape index (κ2) is 8.95. The molecule has 1 saturated carbocycles. The SMILES string of the molecule is Cc1ccc(C(=O)N2CC(N(C(=O)C(C)C)C3CC3)CC2C(=O)NCCN)cc1. The first-order valence-corrected chi connectivity index (χ1v) is 10.5. The molecule has 1 aliphatic carbocycles. The molecular weight excluding hydrogens is 368 g/mol. The number of nitrogens with one attached hydrogen (secondary N) is 1. The van der Waals surface area contributed by atoms with Gasteiger partial charge < -0.3 is 20.9 Å². The molecule has 0 radical (unpaired) electrons. The number of benzene rings is 1. The topological polar surface area (TPSA) is 95.7 Å². The summed E-state index contributed by atoms with van der Waals surface area (Å²) in [7, 11) is 0. The predicted molar refractivity (Wildman–Crippen MR) is 111 cm³/mol. The van der Waals surface area contributed by atoms with Gasteiger partial charge in [0.15, 0.2) is 0 Å². The minimum atomic E-state index is -0.596. The zero-order valence-electron chi connectivity index (χ0n) is 17.6. The van der Waals surface area contributed by atoms with Crippen molar-refractivity contribution in [3.8, 4) is 0 Å². The molecule has 3 rings (SSSR count). The second-order valence-corrected chi connectivity index (χ2v) is 8.44. The zero-order valence-corrected chi connectivity index (χ0v) is 17.6. The van der Waals surface area contributed by atoms with Gasteiger partial charge in [-0.25, -0.2) is 0 Å². The summed E-state index contributed by atoms with van der Waals surface area (Å²) in [6.07, 6.45) is 2.44. The van der Waals surface area contributed by atoms with Gasteiger partial charge in [-0.1, -0.05) is 31.5 Å². The third-order valence-corrected chi connectivity index (χ3v) is 5.67. The van der Waals surface area contributed by atoms with Crippen LogP contribution >= 0.6 is 0 Å². The molecule has 0 spiro atoms. The zero-order chi connectivity index (χ0) is 21.1. The van der Waals surface area contributed by atoms with E-state index in [2.05, 4.69) is 5.32 Å². The van der Waals surface area contributed by atoms with E-state index in [1.807, 2.05) is 37.8 Å². The summed E-state index contributed by atoms with van der Waals surface area (Å²) in [5.74, 6) is -0.385. The Bertz CT molecular complexity index is 758. The second-order valence-electron chi connectivity index (χ2n) is 8.44. The number of hydrogen-bond acceptors (Lipinski definition) is 4. The number of hydrogen-bond donors (Lipinski definition) is 2. The largest absolute Gasteiger partial charge is 0.353 e. The lowest BCUT2D eigenvalue weighted by atomic mass is 10.1. The molecule has 1 heterocycles. The molecule has 3 amide bonds. The van der Waals surface area contributed by atoms with Crippen molar-refractivity contribution in [3.05, 3.63) is 35.4 Å². The van der Waals surface area contributed by atoms with Gasteiger partial charge in [-0.2, -0.15) is 0 Å². The highest BCUT2D eigenvalue weighted by molar-refractivity contribution is 5.98. The molecule has 2 aliphatic rings. The summed E-state index contributed by atoms with van der Waals surface area (Å²) < 4.78 is 0. The third kappa shape index (κ3) is 4.78. The normalized spacial score (nSPS) is 21.3. The fourth-order valence-corrected chi connectivity index (χ4v) is 3.97. The van der Waals surface area contributed by atoms with E-state index in [1.165, 1.54) is 0 Å². The van der Waals surface area contributed by atoms with Gasteiger partial charge in [0.05, 0.1) is 6.04 Å². The third-order valence-electron chi connectivity index (χ3n) is 5.67. The van der Waals surface area contributed by atoms with E-state index in [0.717, 1.165) is 18.4 Å². The average molecular weight is 401 g/mol. The summed E-state index contributed by atoms with van der Waals surface area (Å²) >= 11 is 0. The summed E-state index contributed by atoms with van der Waals surface area (Å²) in [6, 6.07) is 6.86. The Labute approximate surface area is 172 Å². The van der Waals surface area contributed by atoms with Crippen LogP contribution in [0.3, 0.4) is 0 Å². The van der Waals surface area contributed by atoms with Crippen molar-refractivity contribution in [3.63, 3.8) is 0 Å². The minimum absolute atomic E-state index is 0.100. The highest BCUT2D eigenvalue weighted by Crippen LogP contribution is 2.35. The summed E-state index contributed by atoms with van der Waals surface area (Å²) in [4.78, 5) is 42.4. The molecule has 2 unspecified atom stereocenters. The van der Waals surface area contributed by atoms with Crippen molar-refractivity contribution in [2.45, 2.75) is 58.2 Å². The molecule has 0 bridgehead atoms. The predicted octanol–water partition coefficient (Wildman–Crippen LogP) is 1.30. The number of carbonyl (C=O) groups excluding carboxylic acids is 3. The van der Waals surface area contributed by atoms with Crippen LogP contribution in [0.15, 0.2) is 24.3 Å². The lowest BCUT2D eigenvalue weighted by molar-refractivity contribution is -0.137. The van der Waals surface area contributed by atoms with Crippen molar-refractivity contribution in [1.82, 2.24) is 15.1 Å². The van der Waals surface area contributed by atoms with Crippen molar-refractivity contribution in [2.75, 3.05) is 19.6 Å². The van der Waals surface area contributed by atoms with Crippen LogP contribution in [0.4, 0.5) is 0 Å². The van der Waals surface area contributed by atoms with Crippen LogP contribution in [-0.4, -0.2) is 65.3 Å². The van der Waals surface area contributed by atoms with E-state index in [0.29, 0.717) is 31.6 Å². The Morgan fingerprint density at radius 1 is 1.17 bits per heavy atom. The van der Waals surface area contributed by atoms with E-state index in [9.17, 15) is 14.4 Å². The molecule has 7 heteroatoms. The number of aryl methyl sites for hydroxylation is 1. The maximum atomic E-state index is 13.2. The van der Waals surface area contributed by atoms with Crippen molar-refractivity contribution in [2.24, 2.45) is 11.7 Å². The molecule has 2 fully saturated rings. The van der Waals surface area contributed by atoms with E-state index in [-0.39, 0.29) is 35.7 Å². The Balaban J connectivity index is 1.85. The van der Waals surface area contributed by atoms with Crippen LogP contribution in [0.2, 0.25) is 0 Å². The monoisotopic (exact) mass is 400 g/mol. The molecule has 7 nitrogen and oxygen atoms in total. The highest BCUT2D eigenvalue weighted by Gasteiger charge is 2.47. The number of likely N-dealkylation sites (tertiary alicyclic amines) is 1. The molecule has 29 heavy (non-hydrogen) atoms. The molecule has 1 aliphatic heterocycles. The number of carbonyl (C=O) groups is 3. The molecule has 2 atom stereocenters. The number of nitrogens with two attached hydrogens (primary N) is 1. The number of amides is 3. The van der Waals surface area contributed by atoms with Crippen LogP contribution in [-0.2, 0) is 9.59 Å². The van der Waals surface area contributed by atoms with E-state index < -0.39 is 6.04 Å². The van der Waals surface area contributed by atoms with Crippen molar-refractivity contribution < 1.29 is 14.4 Å². The maximum absolute atomic E-state index is 13.2. The molecular formula is C22H32N4O3. The van der Waals surface area contributed by atoms with E-state index in [1.54, 1.807) is 17.0 Å². The van der Waals surface area contributed by atoms with Crippen LogP contribution in [0.25, 0.3) is 0 Å². The molecule has 3 N–H and O–H groups in total. The minimum Gasteiger partial charge on any atom is -0.353 e. The smallest absolute Gasteiger partial charge is 0.254 e. The van der Waals surface area contributed by atoms with Gasteiger partial charge in [-0.15, -0.1) is 0 Å². The fourth-order valence-electron chi connectivity index (χ4n) is 3.97. The van der Waals surface area contributed by atoms with Crippen molar-refractivity contribution >= 4 is 17.7 Å². The average Bonchev–Trinajstić information content (AvgIpc) is 3.43. The summed E-state index contributed by atoms with van der Waals surface area (Å²) in [5, 5.41) is 2.81. The lowest BCUT2D eigenvalue weighted by Gasteiger charge is -2.30. The molecule has 158 valence electrons. The highest BCUT2D eigenvalue weighted by atomic mass is 16.2. The lowest BCUT2D eigenvalue weighted by Crippen LogP contribution is -2.47. The standard InChI is InChI=1S/C22H32N4O3/c1-14(2)21(28)26(17-8-9-17)18-12-19(20(27)24-11-10-23)25(13-18)22(29)16-6-4-15(3)5-7-16/h4-7,14,17-19H,8-13,23H2,1-3H3,(H,24,27). The van der Waals surface area contributed by atoms with Gasteiger partial charge in [0.2, 0.25) is 11.8 Å². The van der Waals surface area contributed by atoms with E-state index >= 15 is 0 Å². The quantitative estimate of drug-likeness (QED) is 0.721. The Morgan fingerprint density at radius 3 is 2.38 bits per heavy atom. The summed E-state index contributed by atoms with van der Waals surface area (Å²) in [5.41, 5.74) is 7.15. The Morgan fingerprint density at radius 2 is 1.83 bits per heavy atom. The molecule has 1 aromatic carbocycles. The number of nitrogens with zero attached hydrogens (tertiary/aromatic N) is 2. The van der Waals surface area contributed by atoms with Crippen LogP contribution in [0.1, 0.15) is 49.0 Å². The first-order chi connectivity index (χ1) is 13.8. The van der Waals surface area contributed by atoms with Crippen molar-refractivity contribution in [1.29, 1.82) is 0 Å². The first-order valence-electron chi connectivity index (χ1n) is 10.5.